The molecule has 202 valence electrons. The Morgan fingerprint density at radius 1 is 1.12 bits per heavy atom. The number of pyridine rings is 1. The Hall–Kier alpha value is -4.71. The maximum atomic E-state index is 12.6. The number of benzene rings is 2. The lowest BCUT2D eigenvalue weighted by atomic mass is 9.95. The third-order valence-electron chi connectivity index (χ3n) is 7.25. The van der Waals surface area contributed by atoms with Gasteiger partial charge in [-0.15, -0.1) is 0 Å². The summed E-state index contributed by atoms with van der Waals surface area (Å²) in [5.74, 6) is 0.268. The van der Waals surface area contributed by atoms with Crippen LogP contribution in [0.15, 0.2) is 61.1 Å². The Kier molecular flexibility index (Phi) is 6.26. The van der Waals surface area contributed by atoms with Gasteiger partial charge < -0.3 is 9.64 Å². The summed E-state index contributed by atoms with van der Waals surface area (Å²) in [6.07, 6.45) is 6.43. The van der Waals surface area contributed by atoms with Crippen LogP contribution in [0.3, 0.4) is 0 Å². The minimum Gasteiger partial charge on any atom is -0.444 e. The number of hydrogen-bond donors (Lipinski definition) is 0. The van der Waals surface area contributed by atoms with Crippen molar-refractivity contribution in [3.8, 4) is 22.4 Å². The largest absolute Gasteiger partial charge is 0.444 e. The number of likely N-dealkylation sites (tertiary alicyclic amines) is 1. The average molecular weight is 534 g/mol. The lowest BCUT2D eigenvalue weighted by Crippen LogP contribution is -2.35. The van der Waals surface area contributed by atoms with E-state index >= 15 is 0 Å². The number of aryl methyl sites for hydroxylation is 1. The predicted molar refractivity (Wildman–Crippen MR) is 155 cm³/mol. The molecule has 1 amide bonds. The summed E-state index contributed by atoms with van der Waals surface area (Å²) in [4.78, 5) is 22.9. The van der Waals surface area contributed by atoms with Crippen LogP contribution in [0.1, 0.15) is 27.2 Å². The van der Waals surface area contributed by atoms with Crippen LogP contribution < -0.4 is 0 Å². The number of hydrogen-bond acceptors (Lipinski definition) is 5. The summed E-state index contributed by atoms with van der Waals surface area (Å²) in [6, 6.07) is 13.8. The molecule has 9 nitrogen and oxygen atoms in total. The monoisotopic (exact) mass is 533 g/mol. The number of aromatic nitrogens is 5. The van der Waals surface area contributed by atoms with Gasteiger partial charge in [0.25, 0.3) is 0 Å². The van der Waals surface area contributed by atoms with E-state index < -0.39 is 5.60 Å². The Morgan fingerprint density at radius 3 is 2.65 bits per heavy atom. The fraction of sp³-hybridized carbons (Fsp3) is 0.323. The van der Waals surface area contributed by atoms with Crippen molar-refractivity contribution in [3.63, 3.8) is 0 Å². The van der Waals surface area contributed by atoms with Crippen molar-refractivity contribution in [1.82, 2.24) is 29.4 Å². The molecule has 0 unspecified atom stereocenters. The summed E-state index contributed by atoms with van der Waals surface area (Å²) in [5.41, 5.74) is 5.74. The highest BCUT2D eigenvalue weighted by molar-refractivity contribution is 6.02. The molecule has 0 saturated carbocycles. The second-order valence-corrected chi connectivity index (χ2v) is 11.4. The Labute approximate surface area is 232 Å². The fourth-order valence-electron chi connectivity index (χ4n) is 5.42. The van der Waals surface area contributed by atoms with E-state index in [2.05, 4.69) is 22.1 Å². The minimum atomic E-state index is -0.512. The molecule has 1 aliphatic rings. The minimum absolute atomic E-state index is 0.262. The van der Waals surface area contributed by atoms with Crippen LogP contribution >= 0.6 is 0 Å². The molecule has 1 fully saturated rings. The molecular formula is C31H31N7O2. The van der Waals surface area contributed by atoms with E-state index in [4.69, 9.17) is 21.4 Å². The number of rotatable bonds is 4. The van der Waals surface area contributed by atoms with Crippen LogP contribution in [0.4, 0.5) is 10.5 Å². The fourth-order valence-corrected chi connectivity index (χ4v) is 5.42. The molecule has 4 heterocycles. The van der Waals surface area contributed by atoms with Gasteiger partial charge in [0.15, 0.2) is 5.69 Å². The van der Waals surface area contributed by atoms with Gasteiger partial charge >= 0.3 is 6.09 Å². The molecule has 1 aliphatic heterocycles. The summed E-state index contributed by atoms with van der Waals surface area (Å²) in [6.45, 7) is 15.0. The van der Waals surface area contributed by atoms with E-state index in [1.54, 1.807) is 4.90 Å². The van der Waals surface area contributed by atoms with E-state index in [1.807, 2.05) is 86.1 Å². The third-order valence-corrected chi connectivity index (χ3v) is 7.25. The molecule has 0 radical (unpaired) electrons. The predicted octanol–water partition coefficient (Wildman–Crippen LogP) is 6.46. The lowest BCUT2D eigenvalue weighted by Gasteiger charge is -2.24. The van der Waals surface area contributed by atoms with Gasteiger partial charge in [0.2, 0.25) is 0 Å². The van der Waals surface area contributed by atoms with Crippen LogP contribution in [0.25, 0.3) is 49.0 Å². The van der Waals surface area contributed by atoms with Gasteiger partial charge in [-0.2, -0.15) is 10.2 Å². The van der Waals surface area contributed by atoms with Crippen molar-refractivity contribution in [3.05, 3.63) is 72.5 Å². The number of carbonyl (C=O) groups excluding carboxylic acids is 1. The average Bonchev–Trinajstić information content (AvgIpc) is 3.65. The summed E-state index contributed by atoms with van der Waals surface area (Å²) >= 11 is 0. The molecule has 2 aromatic carbocycles. The van der Waals surface area contributed by atoms with Crippen molar-refractivity contribution >= 4 is 33.6 Å². The molecule has 1 saturated heterocycles. The molecule has 6 rings (SSSR count). The zero-order valence-corrected chi connectivity index (χ0v) is 23.1. The molecule has 40 heavy (non-hydrogen) atoms. The molecule has 0 bridgehead atoms. The summed E-state index contributed by atoms with van der Waals surface area (Å²) in [7, 11) is 1.92. The van der Waals surface area contributed by atoms with Gasteiger partial charge in [-0.1, -0.05) is 30.3 Å². The normalized spacial score (nSPS) is 15.6. The van der Waals surface area contributed by atoms with Crippen LogP contribution in [-0.4, -0.2) is 54.2 Å². The van der Waals surface area contributed by atoms with Gasteiger partial charge in [-0.25, -0.2) is 9.64 Å². The van der Waals surface area contributed by atoms with Gasteiger partial charge in [-0.05, 0) is 50.8 Å². The van der Waals surface area contributed by atoms with E-state index in [-0.39, 0.29) is 12.0 Å². The number of nitrogens with zero attached hydrogens (tertiary/aromatic N) is 7. The number of fused-ring (bicyclic) bond motifs is 2. The Morgan fingerprint density at radius 2 is 1.90 bits per heavy atom. The maximum absolute atomic E-state index is 12.6. The molecular weight excluding hydrogens is 502 g/mol. The first-order valence-corrected chi connectivity index (χ1v) is 13.4. The highest BCUT2D eigenvalue weighted by atomic mass is 16.6. The van der Waals surface area contributed by atoms with Crippen molar-refractivity contribution in [2.75, 3.05) is 13.1 Å². The quantitative estimate of drug-likeness (QED) is 0.248. The van der Waals surface area contributed by atoms with E-state index in [0.717, 1.165) is 50.6 Å². The van der Waals surface area contributed by atoms with E-state index in [9.17, 15) is 4.79 Å². The SMILES string of the molecule is [C-]#[N+]c1ccc(-c2c(-c3ccc4nn(C)cc4c3)ncc3c2cnn3C[C@@H]2CCN(C(=O)OC(C)(C)C)C2)cc1. The second kappa shape index (κ2) is 9.79. The molecule has 9 heteroatoms. The smallest absolute Gasteiger partial charge is 0.410 e. The molecule has 0 spiro atoms. The molecule has 0 aliphatic carbocycles. The number of amides is 1. The van der Waals surface area contributed by atoms with Crippen LogP contribution in [0.2, 0.25) is 0 Å². The van der Waals surface area contributed by atoms with Crippen molar-refractivity contribution < 1.29 is 9.53 Å². The van der Waals surface area contributed by atoms with Crippen molar-refractivity contribution in [1.29, 1.82) is 0 Å². The van der Waals surface area contributed by atoms with E-state index in [0.29, 0.717) is 25.3 Å². The molecule has 1 atom stereocenters. The van der Waals surface area contributed by atoms with Gasteiger partial charge in [0, 0.05) is 54.8 Å². The topological polar surface area (TPSA) is 82.4 Å². The molecule has 5 aromatic rings. The lowest BCUT2D eigenvalue weighted by molar-refractivity contribution is 0.0287. The van der Waals surface area contributed by atoms with Crippen molar-refractivity contribution in [2.24, 2.45) is 13.0 Å². The Bertz CT molecular complexity index is 1770. The first-order valence-electron chi connectivity index (χ1n) is 13.4. The standard InChI is InChI=1S/C31H31N7O2/c1-31(2,3)40-30(39)37-13-12-20(17-37)18-38-27-16-33-29(22-8-11-26-23(14-22)19-36(5)35-26)28(25(27)15-34-38)21-6-9-24(32-4)10-7-21/h6-11,14-16,19-20H,12-13,17-18H2,1-3,5H3/t20-/m1/s1. The summed E-state index contributed by atoms with van der Waals surface area (Å²) in [5, 5.41) is 11.3. The number of ether oxygens (including phenoxy) is 1. The van der Waals surface area contributed by atoms with Crippen LogP contribution in [0.5, 0.6) is 0 Å². The highest BCUT2D eigenvalue weighted by Crippen LogP contribution is 2.38. The van der Waals surface area contributed by atoms with Crippen LogP contribution in [0, 0.1) is 12.5 Å². The maximum Gasteiger partial charge on any atom is 0.410 e. The van der Waals surface area contributed by atoms with Gasteiger partial charge in [0.1, 0.15) is 5.60 Å². The molecule has 0 N–H and O–H groups in total. The Balaban J connectivity index is 1.37. The van der Waals surface area contributed by atoms with E-state index in [1.165, 1.54) is 0 Å². The second-order valence-electron chi connectivity index (χ2n) is 11.4. The van der Waals surface area contributed by atoms with Crippen LogP contribution in [-0.2, 0) is 18.3 Å². The number of carbonyl (C=O) groups is 1. The van der Waals surface area contributed by atoms with Gasteiger partial charge in [0.05, 0.1) is 35.7 Å². The first kappa shape index (κ1) is 25.6. The highest BCUT2D eigenvalue weighted by Gasteiger charge is 2.30. The molecule has 3 aromatic heterocycles. The van der Waals surface area contributed by atoms with Gasteiger partial charge in [-0.3, -0.25) is 14.3 Å². The third kappa shape index (κ3) is 4.89. The zero-order chi connectivity index (χ0) is 28.0. The first-order chi connectivity index (χ1) is 19.2. The zero-order valence-electron chi connectivity index (χ0n) is 23.1. The van der Waals surface area contributed by atoms with Crippen molar-refractivity contribution in [2.45, 2.75) is 39.3 Å². The summed E-state index contributed by atoms with van der Waals surface area (Å²) < 4.78 is 9.38.